The molecule has 0 radical (unpaired) electrons. The minimum absolute atomic E-state index is 0.0438. The molecule has 198 valence electrons. The highest BCUT2D eigenvalue weighted by Crippen LogP contribution is 2.45. The molecule has 3 aromatic carbocycles. The van der Waals surface area contributed by atoms with Crippen LogP contribution in [0.3, 0.4) is 0 Å². The minimum atomic E-state index is -0.828. The number of nitrogens with zero attached hydrogens (tertiary/aromatic N) is 2. The molecule has 1 N–H and O–H groups in total. The highest BCUT2D eigenvalue weighted by molar-refractivity contribution is 7.22. The third-order valence-corrected chi connectivity index (χ3v) is 8.20. The van der Waals surface area contributed by atoms with Crippen LogP contribution in [-0.4, -0.2) is 34.5 Å². The number of fused-ring (bicyclic) bond motifs is 2. The third-order valence-electron chi connectivity index (χ3n) is 7.18. The molecule has 2 atom stereocenters. The molecule has 0 saturated carbocycles. The molecule has 39 heavy (non-hydrogen) atoms. The maximum absolute atomic E-state index is 13.6. The SMILES string of the molecule is CCOc1ccc2nc(N3C(=O)C(=O)C(=C(O)c4ccc5c(c4)C[C@H](C)O5)[C@H]3c3ccc(CC)cc3)sc2c1. The van der Waals surface area contributed by atoms with E-state index in [1.165, 1.54) is 16.2 Å². The lowest BCUT2D eigenvalue weighted by atomic mass is 9.94. The lowest BCUT2D eigenvalue weighted by Crippen LogP contribution is -2.29. The number of aryl methyl sites for hydroxylation is 1. The van der Waals surface area contributed by atoms with E-state index < -0.39 is 17.7 Å². The zero-order valence-electron chi connectivity index (χ0n) is 21.9. The molecule has 1 fully saturated rings. The van der Waals surface area contributed by atoms with Crippen LogP contribution in [0.15, 0.2) is 66.2 Å². The summed E-state index contributed by atoms with van der Waals surface area (Å²) in [4.78, 5) is 33.3. The first-order valence-electron chi connectivity index (χ1n) is 13.1. The van der Waals surface area contributed by atoms with Crippen LogP contribution < -0.4 is 14.4 Å². The van der Waals surface area contributed by atoms with Crippen molar-refractivity contribution >= 4 is 44.1 Å². The summed E-state index contributed by atoms with van der Waals surface area (Å²) in [5, 5.41) is 11.9. The smallest absolute Gasteiger partial charge is 0.301 e. The van der Waals surface area contributed by atoms with Crippen molar-refractivity contribution in [3.8, 4) is 11.5 Å². The average Bonchev–Trinajstić information content (AvgIpc) is 3.60. The normalized spacial score (nSPS) is 19.9. The van der Waals surface area contributed by atoms with Crippen molar-refractivity contribution in [1.82, 2.24) is 4.98 Å². The summed E-state index contributed by atoms with van der Waals surface area (Å²) in [7, 11) is 0. The van der Waals surface area contributed by atoms with Gasteiger partial charge in [0.15, 0.2) is 5.13 Å². The fourth-order valence-corrected chi connectivity index (χ4v) is 6.28. The molecule has 1 amide bonds. The zero-order valence-corrected chi connectivity index (χ0v) is 22.7. The van der Waals surface area contributed by atoms with Gasteiger partial charge in [0, 0.05) is 12.0 Å². The quantitative estimate of drug-likeness (QED) is 0.178. The zero-order chi connectivity index (χ0) is 27.3. The van der Waals surface area contributed by atoms with Crippen molar-refractivity contribution in [2.24, 2.45) is 0 Å². The van der Waals surface area contributed by atoms with Crippen LogP contribution in [0.4, 0.5) is 5.13 Å². The van der Waals surface area contributed by atoms with Gasteiger partial charge in [0.1, 0.15) is 23.4 Å². The molecule has 6 rings (SSSR count). The molecule has 0 aliphatic carbocycles. The molecule has 0 spiro atoms. The Labute approximate surface area is 230 Å². The molecular formula is C31H28N2O5S. The Balaban J connectivity index is 1.50. The van der Waals surface area contributed by atoms with Crippen molar-refractivity contribution in [3.05, 3.63) is 88.5 Å². The second kappa shape index (κ2) is 9.85. The van der Waals surface area contributed by atoms with Crippen LogP contribution in [0.5, 0.6) is 11.5 Å². The molecule has 0 unspecified atom stereocenters. The number of aliphatic hydroxyl groups excluding tert-OH is 1. The number of hydrogen-bond acceptors (Lipinski definition) is 7. The van der Waals surface area contributed by atoms with Crippen LogP contribution in [-0.2, 0) is 22.4 Å². The van der Waals surface area contributed by atoms with Gasteiger partial charge < -0.3 is 14.6 Å². The maximum atomic E-state index is 13.6. The number of ether oxygens (including phenoxy) is 2. The fourth-order valence-electron chi connectivity index (χ4n) is 5.26. The summed E-state index contributed by atoms with van der Waals surface area (Å²) >= 11 is 1.31. The van der Waals surface area contributed by atoms with E-state index in [1.54, 1.807) is 12.1 Å². The number of amides is 1. The van der Waals surface area contributed by atoms with E-state index in [9.17, 15) is 14.7 Å². The highest BCUT2D eigenvalue weighted by Gasteiger charge is 2.48. The van der Waals surface area contributed by atoms with Gasteiger partial charge in [-0.15, -0.1) is 0 Å². The summed E-state index contributed by atoms with van der Waals surface area (Å²) in [6, 6.07) is 17.9. The number of rotatable bonds is 6. The Kier molecular flexibility index (Phi) is 6.35. The molecule has 2 aliphatic heterocycles. The van der Waals surface area contributed by atoms with Crippen LogP contribution in [0.2, 0.25) is 0 Å². The van der Waals surface area contributed by atoms with E-state index >= 15 is 0 Å². The van der Waals surface area contributed by atoms with Crippen molar-refractivity contribution in [3.63, 3.8) is 0 Å². The van der Waals surface area contributed by atoms with Crippen LogP contribution >= 0.6 is 11.3 Å². The van der Waals surface area contributed by atoms with Gasteiger partial charge in [0.05, 0.1) is 28.4 Å². The molecule has 1 saturated heterocycles. The lowest BCUT2D eigenvalue weighted by Gasteiger charge is -2.23. The second-order valence-corrected chi connectivity index (χ2v) is 10.8. The first-order chi connectivity index (χ1) is 18.9. The molecule has 3 heterocycles. The summed E-state index contributed by atoms with van der Waals surface area (Å²) < 4.78 is 12.3. The third kappa shape index (κ3) is 4.34. The predicted octanol–water partition coefficient (Wildman–Crippen LogP) is 6.21. The topological polar surface area (TPSA) is 89.0 Å². The van der Waals surface area contributed by atoms with E-state index in [0.717, 1.165) is 33.6 Å². The average molecular weight is 541 g/mol. The van der Waals surface area contributed by atoms with E-state index in [0.29, 0.717) is 35.0 Å². The molecule has 1 aromatic heterocycles. The highest BCUT2D eigenvalue weighted by atomic mass is 32.1. The molecule has 4 aromatic rings. The maximum Gasteiger partial charge on any atom is 0.301 e. The predicted molar refractivity (Wildman–Crippen MR) is 152 cm³/mol. The van der Waals surface area contributed by atoms with Crippen molar-refractivity contribution in [1.29, 1.82) is 0 Å². The standard InChI is InChI=1S/C31H28N2O5S/c1-4-18-6-8-19(9-7-18)27-26(28(34)20-10-13-24-21(15-20)14-17(3)38-24)29(35)30(36)33(27)31-32-23-12-11-22(37-5-2)16-25(23)39-31/h6-13,15-17,27,34H,4-5,14H2,1-3H3/t17-,27+/m0/s1. The van der Waals surface area contributed by atoms with Crippen molar-refractivity contribution < 1.29 is 24.2 Å². The number of aromatic nitrogens is 1. The summed E-state index contributed by atoms with van der Waals surface area (Å²) in [5.74, 6) is -0.182. The van der Waals surface area contributed by atoms with Gasteiger partial charge >= 0.3 is 5.91 Å². The van der Waals surface area contributed by atoms with E-state index in [1.807, 2.05) is 62.4 Å². The number of anilines is 1. The van der Waals surface area contributed by atoms with E-state index in [2.05, 4.69) is 6.92 Å². The number of Topliss-reactive ketones (excluding diaryl/α,β-unsaturated/α-hetero) is 1. The number of thiazole rings is 1. The number of hydrogen-bond donors (Lipinski definition) is 1. The number of carbonyl (C=O) groups excluding carboxylic acids is 2. The molecule has 7 nitrogen and oxygen atoms in total. The minimum Gasteiger partial charge on any atom is -0.507 e. The largest absolute Gasteiger partial charge is 0.507 e. The Morgan fingerprint density at radius 2 is 1.90 bits per heavy atom. The Bertz CT molecular complexity index is 1640. The van der Waals surface area contributed by atoms with Crippen LogP contribution in [0.25, 0.3) is 16.0 Å². The number of benzene rings is 3. The Morgan fingerprint density at radius 3 is 2.64 bits per heavy atom. The fraction of sp³-hybridized carbons (Fsp3) is 0.258. The molecular weight excluding hydrogens is 512 g/mol. The first kappa shape index (κ1) is 25.1. The van der Waals surface area contributed by atoms with Crippen LogP contribution in [0.1, 0.15) is 49.1 Å². The van der Waals surface area contributed by atoms with Crippen molar-refractivity contribution in [2.75, 3.05) is 11.5 Å². The van der Waals surface area contributed by atoms with Gasteiger partial charge in [0.2, 0.25) is 0 Å². The van der Waals surface area contributed by atoms with E-state index in [4.69, 9.17) is 14.5 Å². The molecule has 8 heteroatoms. The number of ketones is 1. The lowest BCUT2D eigenvalue weighted by molar-refractivity contribution is -0.132. The van der Waals surface area contributed by atoms with Gasteiger partial charge in [-0.1, -0.05) is 42.5 Å². The summed E-state index contributed by atoms with van der Waals surface area (Å²) in [5.41, 5.74) is 4.04. The van der Waals surface area contributed by atoms with Crippen molar-refractivity contribution in [2.45, 2.75) is 45.8 Å². The van der Waals surface area contributed by atoms with Gasteiger partial charge in [-0.3, -0.25) is 14.5 Å². The van der Waals surface area contributed by atoms with Gasteiger partial charge in [-0.2, -0.15) is 0 Å². The van der Waals surface area contributed by atoms with E-state index in [-0.39, 0.29) is 17.4 Å². The van der Waals surface area contributed by atoms with Gasteiger partial charge in [-0.05, 0) is 73.4 Å². The molecule has 2 aliphatic rings. The summed E-state index contributed by atoms with van der Waals surface area (Å²) in [6.45, 7) is 6.50. The van der Waals surface area contributed by atoms with Gasteiger partial charge in [0.25, 0.3) is 5.78 Å². The summed E-state index contributed by atoms with van der Waals surface area (Å²) in [6.07, 6.45) is 1.61. The monoisotopic (exact) mass is 540 g/mol. The Hall–Kier alpha value is -4.17. The molecule has 0 bridgehead atoms. The first-order valence-corrected chi connectivity index (χ1v) is 13.9. The van der Waals surface area contributed by atoms with Gasteiger partial charge in [-0.25, -0.2) is 4.98 Å². The number of aliphatic hydroxyl groups is 1. The van der Waals surface area contributed by atoms with Crippen LogP contribution in [0, 0.1) is 0 Å². The number of carbonyl (C=O) groups is 2. The second-order valence-electron chi connectivity index (χ2n) is 9.78. The Morgan fingerprint density at radius 1 is 1.10 bits per heavy atom.